The van der Waals surface area contributed by atoms with Crippen LogP contribution >= 0.6 is 0 Å². The lowest BCUT2D eigenvalue weighted by molar-refractivity contribution is -0.170. The van der Waals surface area contributed by atoms with Gasteiger partial charge < -0.3 is 19.3 Å². The van der Waals surface area contributed by atoms with Crippen molar-refractivity contribution >= 4 is 17.6 Å². The van der Waals surface area contributed by atoms with E-state index in [1.807, 2.05) is 24.0 Å². The van der Waals surface area contributed by atoms with Crippen molar-refractivity contribution in [2.45, 2.75) is 71.0 Å². The molecule has 2 unspecified atom stereocenters. The molecule has 0 spiro atoms. The number of carbonyl (C=O) groups is 3. The Morgan fingerprint density at radius 1 is 1.16 bits per heavy atom. The van der Waals surface area contributed by atoms with Crippen molar-refractivity contribution in [3.63, 3.8) is 0 Å². The summed E-state index contributed by atoms with van der Waals surface area (Å²) in [5.74, 6) is 0.414. The van der Waals surface area contributed by atoms with Crippen LogP contribution in [0.25, 0.3) is 0 Å². The van der Waals surface area contributed by atoms with Crippen LogP contribution in [0.4, 0.5) is 0 Å². The molecule has 168 valence electrons. The van der Waals surface area contributed by atoms with Gasteiger partial charge in [0.2, 0.25) is 11.7 Å². The van der Waals surface area contributed by atoms with E-state index in [0.29, 0.717) is 31.6 Å². The van der Waals surface area contributed by atoms with Crippen LogP contribution in [-0.2, 0) is 20.8 Å². The number of ketones is 1. The summed E-state index contributed by atoms with van der Waals surface area (Å²) in [4.78, 5) is 43.6. The van der Waals surface area contributed by atoms with Crippen molar-refractivity contribution in [3.05, 3.63) is 23.3 Å². The Labute approximate surface area is 183 Å². The maximum Gasteiger partial charge on any atom is 0.291 e. The number of nitrogens with zero attached hydrogens (tertiary/aromatic N) is 2. The normalized spacial score (nSPS) is 24.9. The fraction of sp³-hybridized carbons (Fsp3) is 0.625. The van der Waals surface area contributed by atoms with Gasteiger partial charge in [0.15, 0.2) is 0 Å². The van der Waals surface area contributed by atoms with Crippen molar-refractivity contribution in [2.24, 2.45) is 5.41 Å². The largest absolute Gasteiger partial charge is 0.497 e. The van der Waals surface area contributed by atoms with Gasteiger partial charge in [0, 0.05) is 23.6 Å². The molecule has 7 heteroatoms. The fourth-order valence-corrected chi connectivity index (χ4v) is 5.31. The zero-order valence-corrected chi connectivity index (χ0v) is 19.1. The number of piperidine rings is 1. The third kappa shape index (κ3) is 3.29. The van der Waals surface area contributed by atoms with Gasteiger partial charge in [0.1, 0.15) is 17.5 Å². The zero-order valence-electron chi connectivity index (χ0n) is 19.1. The van der Waals surface area contributed by atoms with Crippen molar-refractivity contribution in [3.8, 4) is 11.5 Å². The van der Waals surface area contributed by atoms with E-state index in [-0.39, 0.29) is 18.0 Å². The van der Waals surface area contributed by atoms with Crippen molar-refractivity contribution in [2.75, 3.05) is 20.8 Å². The van der Waals surface area contributed by atoms with E-state index in [9.17, 15) is 14.4 Å². The first-order chi connectivity index (χ1) is 14.7. The number of fused-ring (bicyclic) bond motifs is 6. The van der Waals surface area contributed by atoms with Gasteiger partial charge in [0.25, 0.3) is 5.91 Å². The van der Waals surface area contributed by atoms with E-state index < -0.39 is 23.1 Å². The number of Topliss-reactive ketones (excluding diaryl/α,β-unsaturated/α-hetero) is 1. The molecule has 3 heterocycles. The Morgan fingerprint density at radius 2 is 1.90 bits per heavy atom. The molecule has 1 aromatic carbocycles. The minimum Gasteiger partial charge on any atom is -0.497 e. The summed E-state index contributed by atoms with van der Waals surface area (Å²) in [6, 6.07) is 2.75. The van der Waals surface area contributed by atoms with Gasteiger partial charge in [-0.25, -0.2) is 0 Å². The number of benzene rings is 1. The highest BCUT2D eigenvalue weighted by atomic mass is 16.5. The second kappa shape index (κ2) is 7.84. The van der Waals surface area contributed by atoms with Gasteiger partial charge in [-0.3, -0.25) is 14.4 Å². The molecule has 1 aromatic rings. The number of rotatable bonds is 5. The average Bonchev–Trinajstić information content (AvgIpc) is 2.79. The molecule has 2 bridgehead atoms. The number of amides is 2. The Balaban J connectivity index is 1.81. The van der Waals surface area contributed by atoms with Gasteiger partial charge in [-0.2, -0.15) is 0 Å². The summed E-state index contributed by atoms with van der Waals surface area (Å²) in [5, 5.41) is 0. The van der Waals surface area contributed by atoms with Crippen LogP contribution in [0.15, 0.2) is 12.1 Å². The lowest BCUT2D eigenvalue weighted by atomic mass is 9.77. The van der Waals surface area contributed by atoms with E-state index in [2.05, 4.69) is 0 Å². The highest BCUT2D eigenvalue weighted by Gasteiger charge is 2.54. The highest BCUT2D eigenvalue weighted by Crippen LogP contribution is 2.47. The third-order valence-corrected chi connectivity index (χ3v) is 7.46. The first-order valence-corrected chi connectivity index (χ1v) is 11.2. The second-order valence-corrected chi connectivity index (χ2v) is 9.42. The Hall–Kier alpha value is -2.57. The lowest BCUT2D eigenvalue weighted by Crippen LogP contribution is -2.68. The van der Waals surface area contributed by atoms with Crippen LogP contribution in [0.1, 0.15) is 63.6 Å². The third-order valence-electron chi connectivity index (χ3n) is 7.46. The molecular weight excluding hydrogens is 396 g/mol. The summed E-state index contributed by atoms with van der Waals surface area (Å²) in [7, 11) is 3.23. The number of hydrogen-bond acceptors (Lipinski definition) is 5. The summed E-state index contributed by atoms with van der Waals surface area (Å²) < 4.78 is 11.1. The molecule has 2 amide bonds. The van der Waals surface area contributed by atoms with Gasteiger partial charge in [0.05, 0.1) is 26.3 Å². The molecule has 0 aromatic heterocycles. The van der Waals surface area contributed by atoms with Crippen LogP contribution in [0.2, 0.25) is 0 Å². The number of carbonyl (C=O) groups excluding carboxylic acids is 3. The van der Waals surface area contributed by atoms with E-state index in [1.165, 1.54) is 0 Å². The number of ether oxygens (including phenoxy) is 2. The molecule has 3 aliphatic heterocycles. The van der Waals surface area contributed by atoms with E-state index in [1.54, 1.807) is 33.0 Å². The molecule has 0 aliphatic carbocycles. The minimum absolute atomic E-state index is 0.0520. The molecule has 2 fully saturated rings. The van der Waals surface area contributed by atoms with Gasteiger partial charge in [-0.15, -0.1) is 0 Å². The molecule has 0 radical (unpaired) electrons. The molecule has 7 nitrogen and oxygen atoms in total. The number of piperazine rings is 1. The predicted molar refractivity (Wildman–Crippen MR) is 115 cm³/mol. The van der Waals surface area contributed by atoms with E-state index >= 15 is 0 Å². The minimum atomic E-state index is -0.748. The van der Waals surface area contributed by atoms with Crippen molar-refractivity contribution < 1.29 is 23.9 Å². The maximum absolute atomic E-state index is 13.5. The highest BCUT2D eigenvalue weighted by molar-refractivity contribution is 6.38. The van der Waals surface area contributed by atoms with Gasteiger partial charge >= 0.3 is 0 Å². The Kier molecular flexibility index (Phi) is 5.48. The molecule has 3 aliphatic rings. The number of methoxy groups -OCH3 is 2. The number of hydrogen-bond donors (Lipinski definition) is 0. The summed E-state index contributed by atoms with van der Waals surface area (Å²) >= 11 is 0. The van der Waals surface area contributed by atoms with Crippen LogP contribution in [0.3, 0.4) is 0 Å². The Bertz CT molecular complexity index is 925. The maximum atomic E-state index is 13.5. The predicted octanol–water partition coefficient (Wildman–Crippen LogP) is 2.90. The van der Waals surface area contributed by atoms with Crippen molar-refractivity contribution in [1.82, 2.24) is 9.80 Å². The molecule has 3 atom stereocenters. The summed E-state index contributed by atoms with van der Waals surface area (Å²) in [6.45, 7) is 6.09. The van der Waals surface area contributed by atoms with E-state index in [4.69, 9.17) is 9.47 Å². The molecule has 0 N–H and O–H groups in total. The quantitative estimate of drug-likeness (QED) is 0.674. The van der Waals surface area contributed by atoms with Crippen LogP contribution in [0, 0.1) is 5.41 Å². The van der Waals surface area contributed by atoms with Gasteiger partial charge in [-0.1, -0.05) is 20.8 Å². The SMILES string of the molecule is CCC(C)(C)C(=O)C(=O)N1C2CCCC1[C@@H]1c3cc(OC)cc(OC)c3CCN1C2=O. The molecule has 31 heavy (non-hydrogen) atoms. The lowest BCUT2D eigenvalue weighted by Gasteiger charge is -2.55. The summed E-state index contributed by atoms with van der Waals surface area (Å²) in [6.07, 6.45) is 3.49. The monoisotopic (exact) mass is 428 g/mol. The van der Waals surface area contributed by atoms with Crippen molar-refractivity contribution in [1.29, 1.82) is 0 Å². The Morgan fingerprint density at radius 3 is 2.55 bits per heavy atom. The van der Waals surface area contributed by atoms with Crippen LogP contribution in [-0.4, -0.2) is 60.2 Å². The van der Waals surface area contributed by atoms with Gasteiger partial charge in [-0.05, 0) is 43.7 Å². The average molecular weight is 429 g/mol. The van der Waals surface area contributed by atoms with Crippen LogP contribution < -0.4 is 9.47 Å². The van der Waals surface area contributed by atoms with Crippen LogP contribution in [0.5, 0.6) is 11.5 Å². The van der Waals surface area contributed by atoms with E-state index in [0.717, 1.165) is 29.7 Å². The molecule has 4 rings (SSSR count). The fourth-order valence-electron chi connectivity index (χ4n) is 5.31. The smallest absolute Gasteiger partial charge is 0.291 e. The first-order valence-electron chi connectivity index (χ1n) is 11.2. The second-order valence-electron chi connectivity index (χ2n) is 9.42. The molecular formula is C24H32N2O5. The summed E-state index contributed by atoms with van der Waals surface area (Å²) in [5.41, 5.74) is 1.26. The molecule has 0 saturated carbocycles. The zero-order chi connectivity index (χ0) is 22.5. The topological polar surface area (TPSA) is 76.2 Å². The first kappa shape index (κ1) is 21.7. The standard InChI is InChI=1S/C24H32N2O5/c1-6-24(2,3)21(27)23(29)26-17-8-7-9-18(26)22(28)25-11-10-15-16(20(17)25)12-14(30-4)13-19(15)31-5/h12-13,17-18,20H,6-11H2,1-5H3/t17?,18?,20-/m0/s1. The molecule has 2 saturated heterocycles.